The van der Waals surface area contributed by atoms with Crippen molar-refractivity contribution in [3.05, 3.63) is 71.4 Å². The van der Waals surface area contributed by atoms with Crippen molar-refractivity contribution in [1.29, 1.82) is 0 Å². The molecule has 0 aliphatic carbocycles. The van der Waals surface area contributed by atoms with Crippen LogP contribution in [0.4, 0.5) is 23.1 Å². The van der Waals surface area contributed by atoms with Crippen LogP contribution in [0.3, 0.4) is 0 Å². The molecule has 1 saturated heterocycles. The molecule has 35 heavy (non-hydrogen) atoms. The van der Waals surface area contributed by atoms with Gasteiger partial charge >= 0.3 is 0 Å². The predicted octanol–water partition coefficient (Wildman–Crippen LogP) is 2.60. The summed E-state index contributed by atoms with van der Waals surface area (Å²) in [5, 5.41) is 6.00. The zero-order chi connectivity index (χ0) is 24.4. The Morgan fingerprint density at radius 3 is 2.23 bits per heavy atom. The number of morpholine rings is 1. The zero-order valence-corrected chi connectivity index (χ0v) is 19.2. The van der Waals surface area contributed by atoms with Crippen molar-refractivity contribution in [2.24, 2.45) is 0 Å². The standard InChI is InChI=1S/C25H24N6O4/c1-16-14-21(29-25(26-16)30-10-12-35-13-11-30)27-17-6-8-18(9-7-17)28-22(32)15-31-23(33)19-4-2-3-5-20(19)24(31)34/h2-9,14H,10-13,15H2,1H3,(H,28,32)(H,26,27,29). The number of ether oxygens (including phenoxy) is 1. The summed E-state index contributed by atoms with van der Waals surface area (Å²) in [6.07, 6.45) is 0. The molecular weight excluding hydrogens is 448 g/mol. The first-order chi connectivity index (χ1) is 17.0. The van der Waals surface area contributed by atoms with E-state index in [1.807, 2.05) is 25.1 Å². The minimum atomic E-state index is -0.461. The molecule has 3 heterocycles. The van der Waals surface area contributed by atoms with Crippen LogP contribution < -0.4 is 15.5 Å². The fourth-order valence-electron chi connectivity index (χ4n) is 4.03. The van der Waals surface area contributed by atoms with Crippen molar-refractivity contribution in [3.63, 3.8) is 0 Å². The molecule has 2 N–H and O–H groups in total. The summed E-state index contributed by atoms with van der Waals surface area (Å²) in [5.41, 5.74) is 2.82. The first kappa shape index (κ1) is 22.5. The van der Waals surface area contributed by atoms with Crippen molar-refractivity contribution in [2.75, 3.05) is 48.4 Å². The van der Waals surface area contributed by atoms with E-state index < -0.39 is 17.7 Å². The molecule has 0 bridgehead atoms. The third-order valence-electron chi connectivity index (χ3n) is 5.76. The van der Waals surface area contributed by atoms with Crippen LogP contribution in [0.15, 0.2) is 54.6 Å². The summed E-state index contributed by atoms with van der Waals surface area (Å²) in [6.45, 7) is 4.37. The van der Waals surface area contributed by atoms with Crippen molar-refractivity contribution in [2.45, 2.75) is 6.92 Å². The lowest BCUT2D eigenvalue weighted by molar-refractivity contribution is -0.116. The molecule has 3 aromatic rings. The highest BCUT2D eigenvalue weighted by Gasteiger charge is 2.36. The Balaban J connectivity index is 1.21. The molecule has 3 amide bonds. The van der Waals surface area contributed by atoms with Gasteiger partial charge in [-0.05, 0) is 43.3 Å². The van der Waals surface area contributed by atoms with Gasteiger partial charge in [-0.2, -0.15) is 4.98 Å². The molecule has 10 nitrogen and oxygen atoms in total. The minimum Gasteiger partial charge on any atom is -0.378 e. The number of carbonyl (C=O) groups is 3. The number of imide groups is 1. The summed E-state index contributed by atoms with van der Waals surface area (Å²) in [7, 11) is 0. The number of rotatable bonds is 6. The fourth-order valence-corrected chi connectivity index (χ4v) is 4.03. The van der Waals surface area contributed by atoms with E-state index in [0.29, 0.717) is 41.8 Å². The average Bonchev–Trinajstić information content (AvgIpc) is 3.10. The number of fused-ring (bicyclic) bond motifs is 1. The van der Waals surface area contributed by atoms with Crippen molar-refractivity contribution in [1.82, 2.24) is 14.9 Å². The van der Waals surface area contributed by atoms with Gasteiger partial charge in [0.2, 0.25) is 11.9 Å². The number of nitrogens with one attached hydrogen (secondary N) is 2. The molecule has 178 valence electrons. The van der Waals surface area contributed by atoms with Crippen molar-refractivity contribution < 1.29 is 19.1 Å². The molecule has 0 radical (unpaired) electrons. The quantitative estimate of drug-likeness (QED) is 0.526. The van der Waals surface area contributed by atoms with Crippen molar-refractivity contribution in [3.8, 4) is 0 Å². The average molecular weight is 473 g/mol. The van der Waals surface area contributed by atoms with E-state index in [4.69, 9.17) is 4.74 Å². The second-order valence-corrected chi connectivity index (χ2v) is 8.29. The van der Waals surface area contributed by atoms with Crippen LogP contribution in [0.25, 0.3) is 0 Å². The van der Waals surface area contributed by atoms with Gasteiger partial charge < -0.3 is 20.3 Å². The molecule has 1 fully saturated rings. The Bertz CT molecular complexity index is 1250. The van der Waals surface area contributed by atoms with E-state index in [0.717, 1.165) is 29.4 Å². The maximum atomic E-state index is 12.5. The lowest BCUT2D eigenvalue weighted by Crippen LogP contribution is -2.37. The molecule has 0 saturated carbocycles. The van der Waals surface area contributed by atoms with Gasteiger partial charge in [-0.25, -0.2) is 4.98 Å². The van der Waals surface area contributed by atoms with Gasteiger partial charge in [0.15, 0.2) is 0 Å². The summed E-state index contributed by atoms with van der Waals surface area (Å²) in [4.78, 5) is 49.6. The summed E-state index contributed by atoms with van der Waals surface area (Å²) < 4.78 is 5.40. The normalized spacial score (nSPS) is 15.2. The molecule has 5 rings (SSSR count). The third-order valence-corrected chi connectivity index (χ3v) is 5.76. The lowest BCUT2D eigenvalue weighted by Gasteiger charge is -2.27. The lowest BCUT2D eigenvalue weighted by atomic mass is 10.1. The minimum absolute atomic E-state index is 0.317. The summed E-state index contributed by atoms with van der Waals surface area (Å²) >= 11 is 0. The number of anilines is 4. The van der Waals surface area contributed by atoms with Gasteiger partial charge in [-0.15, -0.1) is 0 Å². The first-order valence-corrected chi connectivity index (χ1v) is 11.3. The summed E-state index contributed by atoms with van der Waals surface area (Å²) in [5.74, 6) is -0.0511. The van der Waals surface area contributed by atoms with E-state index in [-0.39, 0.29) is 6.54 Å². The van der Waals surface area contributed by atoms with Crippen LogP contribution in [0.5, 0.6) is 0 Å². The van der Waals surface area contributed by atoms with Gasteiger partial charge in [0.05, 0.1) is 24.3 Å². The van der Waals surface area contributed by atoms with Gasteiger partial charge in [0.25, 0.3) is 11.8 Å². The number of hydrogen-bond acceptors (Lipinski definition) is 8. The molecular formula is C25H24N6O4. The maximum absolute atomic E-state index is 12.5. The van der Waals surface area contributed by atoms with Crippen LogP contribution in [0.1, 0.15) is 26.4 Å². The topological polar surface area (TPSA) is 117 Å². The Morgan fingerprint density at radius 2 is 1.57 bits per heavy atom. The third kappa shape index (κ3) is 4.82. The molecule has 2 aliphatic rings. The van der Waals surface area contributed by atoms with E-state index in [1.165, 1.54) is 0 Å². The van der Waals surface area contributed by atoms with Gasteiger partial charge in [-0.1, -0.05) is 12.1 Å². The Hall–Kier alpha value is -4.31. The van der Waals surface area contributed by atoms with E-state index in [2.05, 4.69) is 25.5 Å². The van der Waals surface area contributed by atoms with Gasteiger partial charge in [0, 0.05) is 36.2 Å². The van der Waals surface area contributed by atoms with Crippen LogP contribution in [-0.2, 0) is 9.53 Å². The largest absolute Gasteiger partial charge is 0.378 e. The van der Waals surface area contributed by atoms with Gasteiger partial charge in [-0.3, -0.25) is 19.3 Å². The van der Waals surface area contributed by atoms with Crippen LogP contribution >= 0.6 is 0 Å². The van der Waals surface area contributed by atoms with Crippen LogP contribution in [-0.4, -0.2) is 65.4 Å². The molecule has 0 spiro atoms. The highest BCUT2D eigenvalue weighted by molar-refractivity contribution is 6.22. The monoisotopic (exact) mass is 472 g/mol. The number of aryl methyl sites for hydroxylation is 1. The SMILES string of the molecule is Cc1cc(Nc2ccc(NC(=O)CN3C(=O)c4ccccc4C3=O)cc2)nc(N2CCOCC2)n1. The van der Waals surface area contributed by atoms with Crippen LogP contribution in [0, 0.1) is 6.92 Å². The zero-order valence-electron chi connectivity index (χ0n) is 19.2. The Kier molecular flexibility index (Phi) is 6.11. The molecule has 10 heteroatoms. The number of nitrogens with zero attached hydrogens (tertiary/aromatic N) is 4. The molecule has 2 aromatic carbocycles. The number of hydrogen-bond donors (Lipinski definition) is 2. The smallest absolute Gasteiger partial charge is 0.262 e. The predicted molar refractivity (Wildman–Crippen MR) is 130 cm³/mol. The maximum Gasteiger partial charge on any atom is 0.262 e. The second-order valence-electron chi connectivity index (χ2n) is 8.29. The number of benzene rings is 2. The number of carbonyl (C=O) groups excluding carboxylic acids is 3. The molecule has 0 atom stereocenters. The Labute approximate surface area is 201 Å². The number of amides is 3. The Morgan fingerprint density at radius 1 is 0.943 bits per heavy atom. The first-order valence-electron chi connectivity index (χ1n) is 11.3. The number of aromatic nitrogens is 2. The summed E-state index contributed by atoms with van der Waals surface area (Å²) in [6, 6.07) is 15.5. The molecule has 2 aliphatic heterocycles. The van der Waals surface area contributed by atoms with Gasteiger partial charge in [0.1, 0.15) is 12.4 Å². The van der Waals surface area contributed by atoms with E-state index in [1.54, 1.807) is 36.4 Å². The van der Waals surface area contributed by atoms with E-state index in [9.17, 15) is 14.4 Å². The van der Waals surface area contributed by atoms with E-state index >= 15 is 0 Å². The molecule has 0 unspecified atom stereocenters. The highest BCUT2D eigenvalue weighted by atomic mass is 16.5. The van der Waals surface area contributed by atoms with Crippen LogP contribution in [0.2, 0.25) is 0 Å². The van der Waals surface area contributed by atoms with Crippen molar-refractivity contribution >= 4 is 40.9 Å². The highest BCUT2D eigenvalue weighted by Crippen LogP contribution is 2.23. The second kappa shape index (κ2) is 9.51. The molecule has 1 aromatic heterocycles. The fraction of sp³-hybridized carbons (Fsp3) is 0.240.